The van der Waals surface area contributed by atoms with E-state index in [9.17, 15) is 0 Å². The summed E-state index contributed by atoms with van der Waals surface area (Å²) in [7, 11) is 0. The van der Waals surface area contributed by atoms with E-state index >= 15 is 0 Å². The molecule has 0 radical (unpaired) electrons. The fourth-order valence-electron chi connectivity index (χ4n) is 2.72. The van der Waals surface area contributed by atoms with Crippen molar-refractivity contribution in [2.24, 2.45) is 11.7 Å². The van der Waals surface area contributed by atoms with E-state index in [0.717, 1.165) is 23.9 Å². The minimum atomic E-state index is 0.391. The molecule has 2 N–H and O–H groups in total. The van der Waals surface area contributed by atoms with Crippen molar-refractivity contribution in [3.8, 4) is 0 Å². The molecule has 0 aromatic heterocycles. The fraction of sp³-hybridized carbons (Fsp3) is 0.600. The number of benzene rings is 1. The average molecular weight is 267 g/mol. The lowest BCUT2D eigenvalue weighted by Crippen LogP contribution is -2.40. The van der Waals surface area contributed by atoms with Crippen LogP contribution >= 0.6 is 11.6 Å². The quantitative estimate of drug-likeness (QED) is 0.906. The number of hydrogen-bond acceptors (Lipinski definition) is 2. The van der Waals surface area contributed by atoms with Crippen molar-refractivity contribution in [3.63, 3.8) is 0 Å². The molecule has 18 heavy (non-hydrogen) atoms. The molecule has 1 aromatic rings. The van der Waals surface area contributed by atoms with Crippen LogP contribution < -0.4 is 5.73 Å². The number of nitrogens with zero attached hydrogens (tertiary/aromatic N) is 1. The summed E-state index contributed by atoms with van der Waals surface area (Å²) in [6.07, 6.45) is 3.58. The molecule has 0 aliphatic carbocycles. The number of halogens is 1. The van der Waals surface area contributed by atoms with E-state index in [0.29, 0.717) is 6.04 Å². The maximum absolute atomic E-state index is 6.13. The molecular weight excluding hydrogens is 244 g/mol. The van der Waals surface area contributed by atoms with Gasteiger partial charge in [0.2, 0.25) is 0 Å². The highest BCUT2D eigenvalue weighted by Crippen LogP contribution is 2.22. The van der Waals surface area contributed by atoms with Gasteiger partial charge >= 0.3 is 0 Å². The van der Waals surface area contributed by atoms with E-state index in [2.05, 4.69) is 24.0 Å². The zero-order valence-corrected chi connectivity index (χ0v) is 11.9. The summed E-state index contributed by atoms with van der Waals surface area (Å²) in [5, 5.41) is 0.811. The molecule has 1 heterocycles. The number of rotatable bonds is 4. The van der Waals surface area contributed by atoms with Gasteiger partial charge < -0.3 is 5.73 Å². The molecule has 1 aliphatic rings. The topological polar surface area (TPSA) is 29.3 Å². The van der Waals surface area contributed by atoms with Crippen molar-refractivity contribution < 1.29 is 0 Å². The Morgan fingerprint density at radius 2 is 1.89 bits per heavy atom. The van der Waals surface area contributed by atoms with Crippen LogP contribution in [0.4, 0.5) is 0 Å². The molecule has 1 unspecified atom stereocenters. The van der Waals surface area contributed by atoms with E-state index in [1.54, 1.807) is 0 Å². The predicted molar refractivity (Wildman–Crippen MR) is 77.7 cm³/mol. The Morgan fingerprint density at radius 3 is 2.44 bits per heavy atom. The van der Waals surface area contributed by atoms with Crippen LogP contribution in [0.5, 0.6) is 0 Å². The van der Waals surface area contributed by atoms with E-state index in [-0.39, 0.29) is 0 Å². The second-order valence-corrected chi connectivity index (χ2v) is 5.75. The van der Waals surface area contributed by atoms with Crippen LogP contribution in [-0.4, -0.2) is 24.0 Å². The average Bonchev–Trinajstić information content (AvgIpc) is 2.41. The Labute approximate surface area is 115 Å². The molecule has 1 saturated heterocycles. The molecular formula is C15H23ClN2. The predicted octanol–water partition coefficient (Wildman–Crippen LogP) is 3.29. The molecule has 1 fully saturated rings. The van der Waals surface area contributed by atoms with Gasteiger partial charge in [-0.05, 0) is 56.0 Å². The maximum Gasteiger partial charge on any atom is 0.0406 e. The molecule has 0 amide bonds. The molecule has 0 bridgehead atoms. The van der Waals surface area contributed by atoms with Gasteiger partial charge in [0.15, 0.2) is 0 Å². The van der Waals surface area contributed by atoms with Gasteiger partial charge in [0, 0.05) is 17.6 Å². The van der Waals surface area contributed by atoms with Crippen LogP contribution in [0, 0.1) is 5.92 Å². The molecule has 2 rings (SSSR count). The van der Waals surface area contributed by atoms with Crippen LogP contribution in [0.15, 0.2) is 24.3 Å². The van der Waals surface area contributed by atoms with Gasteiger partial charge in [-0.25, -0.2) is 0 Å². The van der Waals surface area contributed by atoms with Crippen LogP contribution in [0.1, 0.15) is 31.7 Å². The van der Waals surface area contributed by atoms with Gasteiger partial charge in [-0.1, -0.05) is 30.7 Å². The number of hydrogen-bond donors (Lipinski definition) is 1. The summed E-state index contributed by atoms with van der Waals surface area (Å²) in [5.74, 6) is 0.719. The molecule has 1 aromatic carbocycles. The SMILES string of the molecule is CCC(N)C1CCN(Cc2ccc(Cl)cc2)CC1. The third-order valence-electron chi connectivity index (χ3n) is 4.03. The number of likely N-dealkylation sites (tertiary alicyclic amines) is 1. The summed E-state index contributed by atoms with van der Waals surface area (Å²) in [6, 6.07) is 8.56. The smallest absolute Gasteiger partial charge is 0.0406 e. The monoisotopic (exact) mass is 266 g/mol. The van der Waals surface area contributed by atoms with Crippen LogP contribution in [0.25, 0.3) is 0 Å². The minimum Gasteiger partial charge on any atom is -0.327 e. The van der Waals surface area contributed by atoms with E-state index in [4.69, 9.17) is 17.3 Å². The Balaban J connectivity index is 1.81. The van der Waals surface area contributed by atoms with Crippen molar-refractivity contribution in [3.05, 3.63) is 34.9 Å². The first kappa shape index (κ1) is 13.9. The molecule has 0 saturated carbocycles. The van der Waals surface area contributed by atoms with Crippen molar-refractivity contribution in [2.75, 3.05) is 13.1 Å². The molecule has 0 spiro atoms. The van der Waals surface area contributed by atoms with Crippen molar-refractivity contribution >= 4 is 11.6 Å². The van der Waals surface area contributed by atoms with E-state index in [1.165, 1.54) is 31.5 Å². The highest BCUT2D eigenvalue weighted by molar-refractivity contribution is 6.30. The lowest BCUT2D eigenvalue weighted by Gasteiger charge is -2.34. The van der Waals surface area contributed by atoms with Gasteiger partial charge in [0.1, 0.15) is 0 Å². The zero-order chi connectivity index (χ0) is 13.0. The summed E-state index contributed by atoms with van der Waals surface area (Å²) in [5.41, 5.74) is 7.47. The summed E-state index contributed by atoms with van der Waals surface area (Å²) < 4.78 is 0. The number of piperidine rings is 1. The van der Waals surface area contributed by atoms with Crippen LogP contribution in [-0.2, 0) is 6.54 Å². The summed E-state index contributed by atoms with van der Waals surface area (Å²) >= 11 is 5.90. The molecule has 1 atom stereocenters. The standard InChI is InChI=1S/C15H23ClN2/c1-2-15(17)13-7-9-18(10-8-13)11-12-3-5-14(16)6-4-12/h3-6,13,15H,2,7-11,17H2,1H3. The molecule has 100 valence electrons. The van der Waals surface area contributed by atoms with E-state index in [1.807, 2.05) is 12.1 Å². The first-order valence-corrected chi connectivity index (χ1v) is 7.29. The lowest BCUT2D eigenvalue weighted by molar-refractivity contribution is 0.161. The first-order chi connectivity index (χ1) is 8.69. The van der Waals surface area contributed by atoms with Gasteiger partial charge in [-0.2, -0.15) is 0 Å². The Bertz CT molecular complexity index is 355. The Morgan fingerprint density at radius 1 is 1.28 bits per heavy atom. The fourth-order valence-corrected chi connectivity index (χ4v) is 2.85. The van der Waals surface area contributed by atoms with Crippen LogP contribution in [0.2, 0.25) is 5.02 Å². The molecule has 3 heteroatoms. The highest BCUT2D eigenvalue weighted by atomic mass is 35.5. The third kappa shape index (κ3) is 3.71. The van der Waals surface area contributed by atoms with Crippen molar-refractivity contribution in [2.45, 2.75) is 38.8 Å². The number of nitrogens with two attached hydrogens (primary N) is 1. The second-order valence-electron chi connectivity index (χ2n) is 5.31. The maximum atomic E-state index is 6.13. The third-order valence-corrected chi connectivity index (χ3v) is 4.28. The van der Waals surface area contributed by atoms with Crippen molar-refractivity contribution in [1.29, 1.82) is 0 Å². The Hall–Kier alpha value is -0.570. The normalized spacial score (nSPS) is 19.9. The second kappa shape index (κ2) is 6.55. The molecule has 1 aliphatic heterocycles. The van der Waals surface area contributed by atoms with E-state index < -0.39 is 0 Å². The first-order valence-electron chi connectivity index (χ1n) is 6.91. The minimum absolute atomic E-state index is 0.391. The van der Waals surface area contributed by atoms with Gasteiger partial charge in [-0.15, -0.1) is 0 Å². The van der Waals surface area contributed by atoms with Crippen LogP contribution in [0.3, 0.4) is 0 Å². The van der Waals surface area contributed by atoms with Gasteiger partial charge in [0.05, 0.1) is 0 Å². The van der Waals surface area contributed by atoms with Gasteiger partial charge in [-0.3, -0.25) is 4.90 Å². The zero-order valence-electron chi connectivity index (χ0n) is 11.1. The van der Waals surface area contributed by atoms with Crippen molar-refractivity contribution in [1.82, 2.24) is 4.90 Å². The van der Waals surface area contributed by atoms with Gasteiger partial charge in [0.25, 0.3) is 0 Å². The highest BCUT2D eigenvalue weighted by Gasteiger charge is 2.22. The summed E-state index contributed by atoms with van der Waals surface area (Å²) in [6.45, 7) is 5.55. The lowest BCUT2D eigenvalue weighted by atomic mass is 9.88. The largest absolute Gasteiger partial charge is 0.327 e. The Kier molecular flexibility index (Phi) is 5.04. The molecule has 2 nitrogen and oxygen atoms in total. The summed E-state index contributed by atoms with van der Waals surface area (Å²) in [4.78, 5) is 2.52.